The molecule has 0 bridgehead atoms. The number of rotatable bonds is 4. The van der Waals surface area contributed by atoms with Crippen molar-refractivity contribution in [1.29, 1.82) is 0 Å². The summed E-state index contributed by atoms with van der Waals surface area (Å²) in [5, 5.41) is 1.08. The van der Waals surface area contributed by atoms with Crippen molar-refractivity contribution >= 4 is 22.5 Å². The van der Waals surface area contributed by atoms with Crippen molar-refractivity contribution in [3.05, 3.63) is 77.9 Å². The lowest BCUT2D eigenvalue weighted by Gasteiger charge is -2.62. The van der Waals surface area contributed by atoms with Gasteiger partial charge in [0.15, 0.2) is 0 Å². The molecule has 2 fully saturated rings. The van der Waals surface area contributed by atoms with E-state index in [9.17, 15) is 4.79 Å². The van der Waals surface area contributed by atoms with Crippen LogP contribution in [0.3, 0.4) is 0 Å². The molecule has 3 aliphatic rings. The first-order valence-electron chi connectivity index (χ1n) is 12.9. The molecule has 7 rings (SSSR count). The second-order valence-corrected chi connectivity index (χ2v) is 10.8. The zero-order valence-corrected chi connectivity index (χ0v) is 21.1. The van der Waals surface area contributed by atoms with Gasteiger partial charge in [-0.1, -0.05) is 6.07 Å². The molecule has 1 saturated carbocycles. The van der Waals surface area contributed by atoms with E-state index in [0.717, 1.165) is 83.4 Å². The second-order valence-electron chi connectivity index (χ2n) is 10.8. The maximum absolute atomic E-state index is 13.1. The Labute approximate surface area is 216 Å². The number of benzene rings is 1. The van der Waals surface area contributed by atoms with Crippen LogP contribution < -0.4 is 9.64 Å². The number of carbonyl (C=O) groups excluding carboxylic acids is 1. The summed E-state index contributed by atoms with van der Waals surface area (Å²) >= 11 is 0. The van der Waals surface area contributed by atoms with Crippen molar-refractivity contribution in [2.24, 2.45) is 5.41 Å². The Balaban J connectivity index is 1.02. The first-order chi connectivity index (χ1) is 18.0. The van der Waals surface area contributed by atoms with Crippen LogP contribution in [0.25, 0.3) is 22.0 Å². The van der Waals surface area contributed by atoms with E-state index < -0.39 is 0 Å². The van der Waals surface area contributed by atoms with E-state index in [1.54, 1.807) is 13.3 Å². The van der Waals surface area contributed by atoms with Gasteiger partial charge in [-0.2, -0.15) is 0 Å². The van der Waals surface area contributed by atoms with Crippen LogP contribution in [-0.4, -0.2) is 58.5 Å². The van der Waals surface area contributed by atoms with Crippen molar-refractivity contribution in [2.45, 2.75) is 32.2 Å². The number of aryl methyl sites for hydroxylation is 1. The fourth-order valence-corrected chi connectivity index (χ4v) is 6.38. The summed E-state index contributed by atoms with van der Waals surface area (Å²) in [5.74, 6) is 0.779. The van der Waals surface area contributed by atoms with Crippen LogP contribution in [0.15, 0.2) is 61.1 Å². The smallest absolute Gasteiger partial charge is 0.255 e. The summed E-state index contributed by atoms with van der Waals surface area (Å²) in [4.78, 5) is 31.1. The van der Waals surface area contributed by atoms with Crippen molar-refractivity contribution < 1.29 is 9.53 Å². The fraction of sp³-hybridized carbons (Fsp3) is 0.333. The number of ether oxygens (including phenoxy) is 1. The molecule has 0 N–H and O–H groups in total. The van der Waals surface area contributed by atoms with Gasteiger partial charge in [0.2, 0.25) is 5.88 Å². The highest BCUT2D eigenvalue weighted by Gasteiger charge is 2.55. The van der Waals surface area contributed by atoms with Gasteiger partial charge in [-0.25, -0.2) is 4.98 Å². The van der Waals surface area contributed by atoms with Gasteiger partial charge in [-0.3, -0.25) is 14.8 Å². The highest BCUT2D eigenvalue weighted by molar-refractivity contribution is 5.96. The minimum Gasteiger partial charge on any atom is -0.481 e. The molecule has 1 saturated heterocycles. The predicted octanol–water partition coefficient (Wildman–Crippen LogP) is 4.68. The first kappa shape index (κ1) is 22.2. The number of fused-ring (bicyclic) bond motifs is 2. The molecule has 0 radical (unpaired) electrons. The normalized spacial score (nSPS) is 18.5. The van der Waals surface area contributed by atoms with Crippen molar-refractivity contribution in [3.8, 4) is 17.0 Å². The Morgan fingerprint density at radius 3 is 2.70 bits per heavy atom. The summed E-state index contributed by atoms with van der Waals surface area (Å²) in [6.45, 7) is 4.85. The molecule has 0 atom stereocenters. The Morgan fingerprint density at radius 1 is 1.00 bits per heavy atom. The maximum atomic E-state index is 13.1. The molecular weight excluding hydrogens is 462 g/mol. The van der Waals surface area contributed by atoms with Gasteiger partial charge < -0.3 is 14.5 Å². The number of hydrogen-bond donors (Lipinski definition) is 0. The molecule has 2 aliphatic heterocycles. The first-order valence-corrected chi connectivity index (χ1v) is 12.9. The van der Waals surface area contributed by atoms with Crippen LogP contribution in [0, 0.1) is 12.3 Å². The van der Waals surface area contributed by atoms with Gasteiger partial charge in [0.05, 0.1) is 30.1 Å². The highest BCUT2D eigenvalue weighted by Crippen LogP contribution is 2.52. The zero-order valence-electron chi connectivity index (χ0n) is 21.1. The molecular formula is C30H29N5O2. The van der Waals surface area contributed by atoms with Gasteiger partial charge in [-0.05, 0) is 67.6 Å². The van der Waals surface area contributed by atoms with Crippen molar-refractivity contribution in [2.75, 3.05) is 31.6 Å². The third-order valence-electron chi connectivity index (χ3n) is 8.37. The van der Waals surface area contributed by atoms with E-state index in [-0.39, 0.29) is 5.91 Å². The molecule has 1 aromatic carbocycles. The van der Waals surface area contributed by atoms with Gasteiger partial charge in [0.25, 0.3) is 5.91 Å². The molecule has 1 spiro atoms. The highest BCUT2D eigenvalue weighted by atomic mass is 16.5. The van der Waals surface area contributed by atoms with E-state index in [4.69, 9.17) is 4.74 Å². The Kier molecular flexibility index (Phi) is 4.96. The number of amides is 1. The summed E-state index contributed by atoms with van der Waals surface area (Å²) in [6, 6.07) is 14.8. The number of methoxy groups -OCH3 is 1. The summed E-state index contributed by atoms with van der Waals surface area (Å²) in [7, 11) is 1.63. The Morgan fingerprint density at radius 2 is 1.86 bits per heavy atom. The average Bonchev–Trinajstić information content (AvgIpc) is 2.87. The number of carbonyl (C=O) groups is 1. The van der Waals surface area contributed by atoms with E-state index in [0.29, 0.717) is 17.3 Å². The van der Waals surface area contributed by atoms with E-state index in [1.807, 2.05) is 37.5 Å². The number of hydrogen-bond acceptors (Lipinski definition) is 6. The lowest BCUT2D eigenvalue weighted by Crippen LogP contribution is -2.67. The van der Waals surface area contributed by atoms with Gasteiger partial charge >= 0.3 is 0 Å². The average molecular weight is 492 g/mol. The van der Waals surface area contributed by atoms with Crippen LogP contribution in [-0.2, 0) is 6.42 Å². The molecule has 7 nitrogen and oxygen atoms in total. The maximum Gasteiger partial charge on any atom is 0.255 e. The van der Waals surface area contributed by atoms with E-state index in [1.165, 1.54) is 0 Å². The van der Waals surface area contributed by atoms with Crippen LogP contribution >= 0.6 is 0 Å². The Bertz CT molecular complexity index is 1540. The molecule has 1 amide bonds. The van der Waals surface area contributed by atoms with Gasteiger partial charge in [0.1, 0.15) is 0 Å². The van der Waals surface area contributed by atoms with Crippen molar-refractivity contribution in [3.63, 3.8) is 0 Å². The third kappa shape index (κ3) is 3.72. The minimum atomic E-state index is 0.158. The Hall–Kier alpha value is -4.00. The van der Waals surface area contributed by atoms with Crippen molar-refractivity contribution in [1.82, 2.24) is 19.9 Å². The molecule has 5 heterocycles. The fourth-order valence-electron chi connectivity index (χ4n) is 6.38. The summed E-state index contributed by atoms with van der Waals surface area (Å²) in [5.41, 5.74) is 7.54. The number of nitrogens with zero attached hydrogens (tertiary/aromatic N) is 5. The summed E-state index contributed by atoms with van der Waals surface area (Å²) in [6.07, 6.45) is 8.74. The molecule has 3 aromatic heterocycles. The second kappa shape index (κ2) is 8.26. The third-order valence-corrected chi connectivity index (χ3v) is 8.37. The molecule has 7 heteroatoms. The zero-order chi connectivity index (χ0) is 25.1. The largest absolute Gasteiger partial charge is 0.481 e. The lowest BCUT2D eigenvalue weighted by atomic mass is 9.60. The molecule has 37 heavy (non-hydrogen) atoms. The van der Waals surface area contributed by atoms with Crippen LogP contribution in [0.4, 0.5) is 5.69 Å². The van der Waals surface area contributed by atoms with Crippen LogP contribution in [0.1, 0.15) is 34.5 Å². The number of aromatic nitrogens is 3. The molecule has 4 aromatic rings. The van der Waals surface area contributed by atoms with Gasteiger partial charge in [0, 0.05) is 66.2 Å². The molecule has 186 valence electrons. The number of pyridine rings is 3. The molecule has 0 unspecified atom stereocenters. The van der Waals surface area contributed by atoms with Crippen LogP contribution in [0.5, 0.6) is 5.88 Å². The monoisotopic (exact) mass is 491 g/mol. The quantitative estimate of drug-likeness (QED) is 0.413. The van der Waals surface area contributed by atoms with Gasteiger partial charge in [-0.15, -0.1) is 0 Å². The molecule has 1 aliphatic carbocycles. The summed E-state index contributed by atoms with van der Waals surface area (Å²) < 4.78 is 5.24. The number of anilines is 1. The lowest BCUT2D eigenvalue weighted by molar-refractivity contribution is -0.0136. The standard InChI is InChI=1S/C30H29N5O2/c1-19-9-21-7-8-35(29(36)26(21)16-32-19)25-12-30(13-25)17-34(18-30)24-11-23(14-31-15-24)20-3-5-27-22(10-20)4-6-28(33-27)37-2/h3-6,9-11,14-16,25H,7-8,12-13,17-18H2,1-2H3. The topological polar surface area (TPSA) is 71.5 Å². The predicted molar refractivity (Wildman–Crippen MR) is 143 cm³/mol. The van der Waals surface area contributed by atoms with E-state index in [2.05, 4.69) is 49.0 Å². The van der Waals surface area contributed by atoms with E-state index >= 15 is 0 Å². The van der Waals surface area contributed by atoms with Crippen LogP contribution in [0.2, 0.25) is 0 Å². The SMILES string of the molecule is COc1ccc2cc(-c3cncc(N4CC5(CC(N6CCc7cc(C)ncc7C6=O)C5)C4)c3)ccc2n1. The minimum absolute atomic E-state index is 0.158.